The first-order chi connectivity index (χ1) is 10.5. The number of hydrogen-bond acceptors (Lipinski definition) is 3. The molecule has 0 saturated carbocycles. The summed E-state index contributed by atoms with van der Waals surface area (Å²) in [6.45, 7) is 14.0. The van der Waals surface area contributed by atoms with Crippen LogP contribution in [0.5, 0.6) is 0 Å². The van der Waals surface area contributed by atoms with E-state index in [9.17, 15) is 4.79 Å². The molecule has 0 bridgehead atoms. The Balaban J connectivity index is 0. The number of nitrogens with two attached hydrogens (primary N) is 1. The van der Waals surface area contributed by atoms with E-state index in [0.29, 0.717) is 23.7 Å². The maximum Gasteiger partial charge on any atom is 0.253 e. The van der Waals surface area contributed by atoms with Crippen molar-refractivity contribution < 1.29 is 4.79 Å². The van der Waals surface area contributed by atoms with E-state index in [4.69, 9.17) is 5.73 Å². The Labute approximate surface area is 158 Å². The molecule has 3 N–H and O–H groups in total. The van der Waals surface area contributed by atoms with Crippen molar-refractivity contribution in [1.29, 1.82) is 0 Å². The van der Waals surface area contributed by atoms with Crippen LogP contribution in [0, 0.1) is 5.92 Å². The molecule has 4 nitrogen and oxygen atoms in total. The molecule has 0 radical (unpaired) electrons. The number of anilines is 1. The van der Waals surface area contributed by atoms with Gasteiger partial charge in [-0.3, -0.25) is 9.69 Å². The zero-order valence-electron chi connectivity index (χ0n) is 14.4. The number of nitrogens with one attached hydrogen (secondary N) is 1. The lowest BCUT2D eigenvalue weighted by atomic mass is 10.0. The Bertz CT molecular complexity index is 511. The summed E-state index contributed by atoms with van der Waals surface area (Å²) in [4.78, 5) is 14.5. The standard InChI is InChI=1S/C18H27N3O.2ClH/c1-5-11-21(12-6-2)17(14(3)4)13-20-18(22)15-9-7-8-10-16(15)19;;/h5-10,14,17H,1-2,11-13,19H2,3-4H3,(H,20,22);2*1H. The highest BCUT2D eigenvalue weighted by Gasteiger charge is 2.21. The minimum atomic E-state index is -0.138. The average Bonchev–Trinajstić information content (AvgIpc) is 2.47. The maximum absolute atomic E-state index is 12.3. The summed E-state index contributed by atoms with van der Waals surface area (Å²) in [7, 11) is 0. The lowest BCUT2D eigenvalue weighted by Gasteiger charge is -2.33. The van der Waals surface area contributed by atoms with Gasteiger partial charge in [-0.1, -0.05) is 38.1 Å². The first kappa shape index (κ1) is 24.8. The minimum absolute atomic E-state index is 0. The largest absolute Gasteiger partial charge is 0.398 e. The fraction of sp³-hybridized carbons (Fsp3) is 0.389. The summed E-state index contributed by atoms with van der Waals surface area (Å²) in [5.41, 5.74) is 6.86. The molecule has 1 amide bonds. The van der Waals surface area contributed by atoms with Gasteiger partial charge in [0.25, 0.3) is 5.91 Å². The van der Waals surface area contributed by atoms with Crippen molar-refractivity contribution in [1.82, 2.24) is 10.2 Å². The van der Waals surface area contributed by atoms with Crippen molar-refractivity contribution in [3.05, 3.63) is 55.1 Å². The zero-order valence-corrected chi connectivity index (χ0v) is 16.0. The second-order valence-corrected chi connectivity index (χ2v) is 5.64. The third-order valence-corrected chi connectivity index (χ3v) is 3.64. The highest BCUT2D eigenvalue weighted by Crippen LogP contribution is 2.13. The van der Waals surface area contributed by atoms with Gasteiger partial charge in [-0.2, -0.15) is 0 Å². The van der Waals surface area contributed by atoms with E-state index in [1.54, 1.807) is 12.1 Å². The summed E-state index contributed by atoms with van der Waals surface area (Å²) in [6.07, 6.45) is 3.74. The summed E-state index contributed by atoms with van der Waals surface area (Å²) in [5.74, 6) is 0.259. The van der Waals surface area contributed by atoms with Gasteiger partial charge in [-0.05, 0) is 18.1 Å². The van der Waals surface area contributed by atoms with Crippen molar-refractivity contribution in [2.75, 3.05) is 25.4 Å². The van der Waals surface area contributed by atoms with Gasteiger partial charge >= 0.3 is 0 Å². The Morgan fingerprint density at radius 1 is 1.21 bits per heavy atom. The van der Waals surface area contributed by atoms with Gasteiger partial charge < -0.3 is 11.1 Å². The Morgan fingerprint density at radius 2 is 1.75 bits per heavy atom. The van der Waals surface area contributed by atoms with Crippen molar-refractivity contribution in [2.45, 2.75) is 19.9 Å². The van der Waals surface area contributed by atoms with E-state index < -0.39 is 0 Å². The van der Waals surface area contributed by atoms with Gasteiger partial charge in [0.1, 0.15) is 0 Å². The zero-order chi connectivity index (χ0) is 16.5. The van der Waals surface area contributed by atoms with Crippen LogP contribution in [-0.2, 0) is 0 Å². The predicted octanol–water partition coefficient (Wildman–Crippen LogP) is 3.54. The molecule has 1 aromatic carbocycles. The first-order valence-corrected chi connectivity index (χ1v) is 7.59. The van der Waals surface area contributed by atoms with Gasteiger partial charge in [0.2, 0.25) is 0 Å². The second-order valence-electron chi connectivity index (χ2n) is 5.64. The van der Waals surface area contributed by atoms with Crippen molar-refractivity contribution >= 4 is 36.4 Å². The Kier molecular flexibility index (Phi) is 13.3. The quantitative estimate of drug-likeness (QED) is 0.514. The summed E-state index contributed by atoms with van der Waals surface area (Å²) < 4.78 is 0. The average molecular weight is 374 g/mol. The van der Waals surface area contributed by atoms with Crippen LogP contribution in [0.4, 0.5) is 5.69 Å². The highest BCUT2D eigenvalue weighted by molar-refractivity contribution is 5.99. The Morgan fingerprint density at radius 3 is 2.21 bits per heavy atom. The summed E-state index contributed by atoms with van der Waals surface area (Å²) in [6, 6.07) is 7.31. The molecule has 0 fully saturated rings. The normalized spacial score (nSPS) is 11.2. The minimum Gasteiger partial charge on any atom is -0.398 e. The molecule has 0 aliphatic rings. The number of halogens is 2. The molecule has 1 atom stereocenters. The van der Waals surface area contributed by atoms with Crippen molar-refractivity contribution in [3.63, 3.8) is 0 Å². The number of carbonyl (C=O) groups is 1. The van der Waals surface area contributed by atoms with Crippen LogP contribution in [0.3, 0.4) is 0 Å². The number of para-hydroxylation sites is 1. The van der Waals surface area contributed by atoms with Crippen LogP contribution in [0.2, 0.25) is 0 Å². The van der Waals surface area contributed by atoms with E-state index in [-0.39, 0.29) is 36.8 Å². The van der Waals surface area contributed by atoms with Gasteiger partial charge in [0.15, 0.2) is 0 Å². The molecule has 0 saturated heterocycles. The van der Waals surface area contributed by atoms with Crippen molar-refractivity contribution in [3.8, 4) is 0 Å². The van der Waals surface area contributed by atoms with E-state index in [0.717, 1.165) is 13.1 Å². The molecule has 24 heavy (non-hydrogen) atoms. The van der Waals surface area contributed by atoms with Crippen molar-refractivity contribution in [2.24, 2.45) is 5.92 Å². The number of nitrogens with zero attached hydrogens (tertiary/aromatic N) is 1. The lowest BCUT2D eigenvalue weighted by molar-refractivity contribution is 0.0928. The monoisotopic (exact) mass is 373 g/mol. The SMILES string of the molecule is C=CCN(CC=C)C(CNC(=O)c1ccccc1N)C(C)C.Cl.Cl. The maximum atomic E-state index is 12.3. The van der Waals surface area contributed by atoms with Crippen LogP contribution in [0.15, 0.2) is 49.6 Å². The lowest BCUT2D eigenvalue weighted by Crippen LogP contribution is -2.47. The van der Waals surface area contributed by atoms with Crippen LogP contribution in [-0.4, -0.2) is 36.5 Å². The fourth-order valence-electron chi connectivity index (χ4n) is 2.46. The van der Waals surface area contributed by atoms with Crippen LogP contribution in [0.1, 0.15) is 24.2 Å². The van der Waals surface area contributed by atoms with Crippen LogP contribution in [0.25, 0.3) is 0 Å². The van der Waals surface area contributed by atoms with Crippen LogP contribution >= 0.6 is 24.8 Å². The number of carbonyl (C=O) groups excluding carboxylic acids is 1. The molecular weight excluding hydrogens is 345 g/mol. The fourth-order valence-corrected chi connectivity index (χ4v) is 2.46. The molecule has 1 rings (SSSR count). The van der Waals surface area contributed by atoms with E-state index in [2.05, 4.69) is 37.2 Å². The van der Waals surface area contributed by atoms with E-state index >= 15 is 0 Å². The predicted molar refractivity (Wildman–Crippen MR) is 108 cm³/mol. The number of rotatable bonds is 9. The number of amides is 1. The first-order valence-electron chi connectivity index (χ1n) is 7.59. The van der Waals surface area contributed by atoms with Gasteiger partial charge in [0, 0.05) is 31.4 Å². The molecule has 0 heterocycles. The van der Waals surface area contributed by atoms with Gasteiger partial charge in [-0.25, -0.2) is 0 Å². The number of nitrogen functional groups attached to an aromatic ring is 1. The van der Waals surface area contributed by atoms with Gasteiger partial charge in [-0.15, -0.1) is 38.0 Å². The topological polar surface area (TPSA) is 58.4 Å². The molecule has 1 unspecified atom stereocenters. The molecule has 0 aliphatic carbocycles. The molecule has 6 heteroatoms. The smallest absolute Gasteiger partial charge is 0.253 e. The molecule has 0 spiro atoms. The molecule has 0 aliphatic heterocycles. The summed E-state index contributed by atoms with van der Waals surface area (Å²) in [5, 5.41) is 2.99. The third kappa shape index (κ3) is 7.39. The Hall–Kier alpha value is -1.49. The van der Waals surface area contributed by atoms with Crippen LogP contribution < -0.4 is 11.1 Å². The molecule has 0 aromatic heterocycles. The third-order valence-electron chi connectivity index (χ3n) is 3.64. The molecular formula is C18H29Cl2N3O. The number of hydrogen-bond donors (Lipinski definition) is 2. The van der Waals surface area contributed by atoms with Gasteiger partial charge in [0.05, 0.1) is 5.56 Å². The molecule has 136 valence electrons. The van der Waals surface area contributed by atoms with E-state index in [1.165, 1.54) is 0 Å². The molecule has 1 aromatic rings. The number of benzene rings is 1. The van der Waals surface area contributed by atoms with E-state index in [1.807, 2.05) is 24.3 Å². The summed E-state index contributed by atoms with van der Waals surface area (Å²) >= 11 is 0. The highest BCUT2D eigenvalue weighted by atomic mass is 35.5. The second kappa shape index (κ2) is 12.9.